The normalized spacial score (nSPS) is 10.4. The molecule has 0 aliphatic rings. The van der Waals surface area contributed by atoms with Gasteiger partial charge in [-0.1, -0.05) is 6.07 Å². The van der Waals surface area contributed by atoms with Crippen molar-refractivity contribution in [2.24, 2.45) is 0 Å². The van der Waals surface area contributed by atoms with E-state index in [-0.39, 0.29) is 23.9 Å². The quantitative estimate of drug-likeness (QED) is 0.513. The maximum atomic E-state index is 13.1. The van der Waals surface area contributed by atoms with Crippen LogP contribution in [0.3, 0.4) is 0 Å². The van der Waals surface area contributed by atoms with Crippen LogP contribution in [-0.2, 0) is 0 Å². The maximum Gasteiger partial charge on any atom is 0.271 e. The van der Waals surface area contributed by atoms with E-state index in [1.807, 2.05) is 0 Å². The predicted molar refractivity (Wildman–Crippen MR) is 107 cm³/mol. The number of nitrogens with zero attached hydrogens (tertiary/aromatic N) is 2. The van der Waals surface area contributed by atoms with Crippen molar-refractivity contribution in [1.82, 2.24) is 20.4 Å². The van der Waals surface area contributed by atoms with Crippen molar-refractivity contribution in [3.63, 3.8) is 0 Å². The SMILES string of the molecule is O=C(NCCCNC(=O)c1ccc(=O)n(-c2ccc(F)cc2)n1)c1cccc(O)c1. The van der Waals surface area contributed by atoms with Crippen LogP contribution in [0.1, 0.15) is 27.3 Å². The Morgan fingerprint density at radius 2 is 1.67 bits per heavy atom. The molecule has 0 aliphatic carbocycles. The predicted octanol–water partition coefficient (Wildman–Crippen LogP) is 1.63. The van der Waals surface area contributed by atoms with Gasteiger partial charge in [0.2, 0.25) is 0 Å². The van der Waals surface area contributed by atoms with Crippen molar-refractivity contribution < 1.29 is 19.1 Å². The maximum absolute atomic E-state index is 13.1. The molecule has 30 heavy (non-hydrogen) atoms. The molecule has 2 amide bonds. The van der Waals surface area contributed by atoms with Crippen molar-refractivity contribution in [2.75, 3.05) is 13.1 Å². The van der Waals surface area contributed by atoms with Gasteiger partial charge < -0.3 is 15.7 Å². The molecule has 0 aliphatic heterocycles. The van der Waals surface area contributed by atoms with Gasteiger partial charge in [-0.15, -0.1) is 0 Å². The highest BCUT2D eigenvalue weighted by molar-refractivity contribution is 5.94. The minimum absolute atomic E-state index is 0.00406. The van der Waals surface area contributed by atoms with Crippen molar-refractivity contribution in [3.8, 4) is 11.4 Å². The monoisotopic (exact) mass is 410 g/mol. The molecule has 0 atom stereocenters. The van der Waals surface area contributed by atoms with Crippen LogP contribution in [0.5, 0.6) is 5.75 Å². The minimum atomic E-state index is -0.481. The van der Waals surface area contributed by atoms with Crippen molar-refractivity contribution in [3.05, 3.63) is 88.1 Å². The molecule has 0 spiro atoms. The average molecular weight is 410 g/mol. The highest BCUT2D eigenvalue weighted by Gasteiger charge is 2.11. The number of carbonyl (C=O) groups excluding carboxylic acids is 2. The van der Waals surface area contributed by atoms with Gasteiger partial charge in [-0.05, 0) is 55.0 Å². The Hall–Kier alpha value is -4.01. The largest absolute Gasteiger partial charge is 0.508 e. The highest BCUT2D eigenvalue weighted by atomic mass is 19.1. The van der Waals surface area contributed by atoms with Crippen LogP contribution in [0, 0.1) is 5.82 Å². The molecule has 8 nitrogen and oxygen atoms in total. The number of phenols is 1. The molecule has 0 unspecified atom stereocenters. The Bertz CT molecular complexity index is 1110. The summed E-state index contributed by atoms with van der Waals surface area (Å²) in [5.41, 5.74) is 0.257. The Kier molecular flexibility index (Phi) is 6.53. The first-order chi connectivity index (χ1) is 14.4. The van der Waals surface area contributed by atoms with Crippen molar-refractivity contribution >= 4 is 11.8 Å². The molecular weight excluding hydrogens is 391 g/mol. The summed E-state index contributed by atoms with van der Waals surface area (Å²) >= 11 is 0. The first-order valence-corrected chi connectivity index (χ1v) is 9.16. The van der Waals surface area contributed by atoms with Gasteiger partial charge in [0.05, 0.1) is 5.69 Å². The molecule has 0 radical (unpaired) electrons. The molecule has 0 fully saturated rings. The van der Waals surface area contributed by atoms with E-state index in [9.17, 15) is 23.9 Å². The number of amides is 2. The molecule has 0 saturated heterocycles. The van der Waals surface area contributed by atoms with E-state index >= 15 is 0 Å². The number of halogens is 1. The number of rotatable bonds is 7. The van der Waals surface area contributed by atoms with Crippen LogP contribution in [0.15, 0.2) is 65.5 Å². The lowest BCUT2D eigenvalue weighted by atomic mass is 10.2. The number of aromatic hydroxyl groups is 1. The number of hydrogen-bond donors (Lipinski definition) is 3. The van der Waals surface area contributed by atoms with E-state index in [2.05, 4.69) is 15.7 Å². The minimum Gasteiger partial charge on any atom is -0.508 e. The lowest BCUT2D eigenvalue weighted by Crippen LogP contribution is -2.32. The summed E-state index contributed by atoms with van der Waals surface area (Å²) in [4.78, 5) is 36.3. The first-order valence-electron chi connectivity index (χ1n) is 9.16. The Morgan fingerprint density at radius 1 is 0.967 bits per heavy atom. The zero-order valence-electron chi connectivity index (χ0n) is 15.8. The molecule has 3 rings (SSSR count). The highest BCUT2D eigenvalue weighted by Crippen LogP contribution is 2.10. The Labute approximate surface area is 171 Å². The summed E-state index contributed by atoms with van der Waals surface area (Å²) in [5, 5.41) is 18.8. The molecule has 1 heterocycles. The van der Waals surface area contributed by atoms with Gasteiger partial charge >= 0.3 is 0 Å². The summed E-state index contributed by atoms with van der Waals surface area (Å²) < 4.78 is 14.1. The van der Waals surface area contributed by atoms with Gasteiger partial charge in [0.1, 0.15) is 17.3 Å². The summed E-state index contributed by atoms with van der Waals surface area (Å²) in [6, 6.07) is 13.7. The smallest absolute Gasteiger partial charge is 0.271 e. The van der Waals surface area contributed by atoms with Crippen molar-refractivity contribution in [1.29, 1.82) is 0 Å². The molecule has 1 aromatic heterocycles. The lowest BCUT2D eigenvalue weighted by Gasteiger charge is -2.09. The number of phenolic OH excluding ortho intramolecular Hbond substituents is 1. The first kappa shape index (κ1) is 20.7. The average Bonchev–Trinajstić information content (AvgIpc) is 2.74. The zero-order valence-corrected chi connectivity index (χ0v) is 15.8. The zero-order chi connectivity index (χ0) is 21.5. The third-order valence-electron chi connectivity index (χ3n) is 4.14. The van der Waals surface area contributed by atoms with Crippen molar-refractivity contribution in [2.45, 2.75) is 6.42 Å². The standard InChI is InChI=1S/C21H19FN4O4/c22-15-5-7-16(8-6-15)26-19(28)10-9-18(25-26)21(30)24-12-2-11-23-20(29)14-3-1-4-17(27)13-14/h1,3-10,13,27H,2,11-12H2,(H,23,29)(H,24,30). The van der Waals surface area contributed by atoms with Gasteiger partial charge in [0.25, 0.3) is 17.4 Å². The van der Waals surface area contributed by atoms with E-state index in [0.717, 1.165) is 4.68 Å². The molecule has 3 aromatic rings. The van der Waals surface area contributed by atoms with E-state index in [4.69, 9.17) is 0 Å². The number of hydrogen-bond acceptors (Lipinski definition) is 5. The topological polar surface area (TPSA) is 113 Å². The fourth-order valence-corrected chi connectivity index (χ4v) is 2.63. The molecule has 2 aromatic carbocycles. The molecule has 9 heteroatoms. The molecule has 3 N–H and O–H groups in total. The van der Waals surface area contributed by atoms with Crippen LogP contribution in [0.2, 0.25) is 0 Å². The molecule has 0 bridgehead atoms. The van der Waals surface area contributed by atoms with Crippen LogP contribution in [0.4, 0.5) is 4.39 Å². The van der Waals surface area contributed by atoms with Crippen LogP contribution in [0.25, 0.3) is 5.69 Å². The molecule has 154 valence electrons. The van der Waals surface area contributed by atoms with Gasteiger partial charge in [-0.3, -0.25) is 14.4 Å². The molecule has 0 saturated carbocycles. The third-order valence-corrected chi connectivity index (χ3v) is 4.14. The second kappa shape index (κ2) is 9.46. The van der Waals surface area contributed by atoms with Gasteiger partial charge in [0.15, 0.2) is 0 Å². The Balaban J connectivity index is 1.51. The second-order valence-corrected chi connectivity index (χ2v) is 6.36. The third kappa shape index (κ3) is 5.28. The van der Waals surface area contributed by atoms with E-state index < -0.39 is 17.3 Å². The molecular formula is C21H19FN4O4. The van der Waals surface area contributed by atoms with Crippen LogP contribution in [-0.4, -0.2) is 39.8 Å². The summed E-state index contributed by atoms with van der Waals surface area (Å²) in [6.07, 6.45) is 0.466. The van der Waals surface area contributed by atoms with Crippen LogP contribution >= 0.6 is 0 Å². The van der Waals surface area contributed by atoms with E-state index in [1.165, 1.54) is 48.5 Å². The Morgan fingerprint density at radius 3 is 2.37 bits per heavy atom. The number of benzene rings is 2. The van der Waals surface area contributed by atoms with Gasteiger partial charge in [-0.25, -0.2) is 4.39 Å². The second-order valence-electron chi connectivity index (χ2n) is 6.36. The van der Waals surface area contributed by atoms with E-state index in [1.54, 1.807) is 12.1 Å². The van der Waals surface area contributed by atoms with E-state index in [0.29, 0.717) is 24.2 Å². The summed E-state index contributed by atoms with van der Waals surface area (Å²) in [7, 11) is 0. The number of nitrogens with one attached hydrogen (secondary N) is 2. The number of aromatic nitrogens is 2. The summed E-state index contributed by atoms with van der Waals surface area (Å²) in [5.74, 6) is -1.25. The lowest BCUT2D eigenvalue weighted by molar-refractivity contribution is 0.0946. The van der Waals surface area contributed by atoms with Crippen LogP contribution < -0.4 is 16.2 Å². The fraction of sp³-hybridized carbons (Fsp3) is 0.143. The summed E-state index contributed by atoms with van der Waals surface area (Å²) in [6.45, 7) is 0.591. The number of carbonyl (C=O) groups is 2. The fourth-order valence-electron chi connectivity index (χ4n) is 2.63. The van der Waals surface area contributed by atoms with Gasteiger partial charge in [-0.2, -0.15) is 9.78 Å². The van der Waals surface area contributed by atoms with Gasteiger partial charge in [0, 0.05) is 24.7 Å².